The molecule has 0 radical (unpaired) electrons. The first kappa shape index (κ1) is 16.9. The van der Waals surface area contributed by atoms with Crippen LogP contribution in [0.3, 0.4) is 0 Å². The standard InChI is InChI=1S/C11H14Cl3NO3S/c1-11(2,6-19(15,16)17)5-18-10-8(13)3-7(12)4-9(10)14/h3-4H,5-6H2,1-2H3,(H2,15,16,17). The lowest BCUT2D eigenvalue weighted by Crippen LogP contribution is -2.33. The molecule has 1 aromatic rings. The number of nitrogens with two attached hydrogens (primary N) is 1. The highest BCUT2D eigenvalue weighted by atomic mass is 35.5. The highest BCUT2D eigenvalue weighted by Gasteiger charge is 2.26. The van der Waals surface area contributed by atoms with E-state index in [1.165, 1.54) is 12.1 Å². The molecule has 0 aromatic heterocycles. The molecule has 0 saturated carbocycles. The molecule has 0 spiro atoms. The van der Waals surface area contributed by atoms with E-state index in [4.69, 9.17) is 44.7 Å². The summed E-state index contributed by atoms with van der Waals surface area (Å²) in [6.07, 6.45) is 0. The van der Waals surface area contributed by atoms with Crippen molar-refractivity contribution in [2.24, 2.45) is 10.6 Å². The van der Waals surface area contributed by atoms with Gasteiger partial charge in [-0.3, -0.25) is 0 Å². The van der Waals surface area contributed by atoms with Crippen molar-refractivity contribution in [1.82, 2.24) is 0 Å². The molecule has 8 heteroatoms. The van der Waals surface area contributed by atoms with Gasteiger partial charge in [0.2, 0.25) is 10.0 Å². The van der Waals surface area contributed by atoms with Crippen molar-refractivity contribution >= 4 is 44.8 Å². The second kappa shape index (κ2) is 6.06. The quantitative estimate of drug-likeness (QED) is 0.889. The Hall–Kier alpha value is -0.200. The largest absolute Gasteiger partial charge is 0.490 e. The van der Waals surface area contributed by atoms with Gasteiger partial charge in [0.25, 0.3) is 0 Å². The Kier molecular flexibility index (Phi) is 5.37. The SMILES string of the molecule is CC(C)(COc1c(Cl)cc(Cl)cc1Cl)CS(N)(=O)=O. The molecule has 4 nitrogen and oxygen atoms in total. The number of rotatable bonds is 5. The average Bonchev–Trinajstić information content (AvgIpc) is 2.10. The smallest absolute Gasteiger partial charge is 0.209 e. The summed E-state index contributed by atoms with van der Waals surface area (Å²) >= 11 is 17.7. The van der Waals surface area contributed by atoms with E-state index < -0.39 is 15.4 Å². The van der Waals surface area contributed by atoms with E-state index in [0.717, 1.165) is 0 Å². The highest BCUT2D eigenvalue weighted by molar-refractivity contribution is 7.89. The van der Waals surface area contributed by atoms with Gasteiger partial charge < -0.3 is 4.74 Å². The van der Waals surface area contributed by atoms with Crippen molar-refractivity contribution in [2.75, 3.05) is 12.4 Å². The first-order chi connectivity index (χ1) is 8.50. The molecule has 0 fully saturated rings. The maximum absolute atomic E-state index is 11.1. The summed E-state index contributed by atoms with van der Waals surface area (Å²) in [7, 11) is -3.58. The van der Waals surface area contributed by atoms with Gasteiger partial charge in [-0.05, 0) is 12.1 Å². The molecule has 0 atom stereocenters. The predicted molar refractivity (Wildman–Crippen MR) is 78.7 cm³/mol. The summed E-state index contributed by atoms with van der Waals surface area (Å²) in [6.45, 7) is 3.54. The van der Waals surface area contributed by atoms with E-state index in [-0.39, 0.29) is 28.2 Å². The summed E-state index contributed by atoms with van der Waals surface area (Å²) in [5.74, 6) is 0.0678. The Morgan fingerprint density at radius 2 is 1.68 bits per heavy atom. The van der Waals surface area contributed by atoms with Crippen molar-refractivity contribution < 1.29 is 13.2 Å². The lowest BCUT2D eigenvalue weighted by molar-refractivity contribution is 0.200. The molecule has 19 heavy (non-hydrogen) atoms. The lowest BCUT2D eigenvalue weighted by atomic mass is 9.98. The van der Waals surface area contributed by atoms with Crippen LogP contribution < -0.4 is 9.88 Å². The third kappa shape index (κ3) is 5.75. The van der Waals surface area contributed by atoms with Crippen LogP contribution in [0.15, 0.2) is 12.1 Å². The van der Waals surface area contributed by atoms with Crippen LogP contribution in [0.2, 0.25) is 15.1 Å². The zero-order valence-electron chi connectivity index (χ0n) is 10.4. The zero-order chi connectivity index (χ0) is 14.8. The number of benzene rings is 1. The Labute approximate surface area is 127 Å². The second-order valence-electron chi connectivity index (χ2n) is 4.96. The number of hydrogen-bond acceptors (Lipinski definition) is 3. The summed E-state index contributed by atoms with van der Waals surface area (Å²) in [4.78, 5) is 0. The summed E-state index contributed by atoms with van der Waals surface area (Å²) < 4.78 is 27.7. The van der Waals surface area contributed by atoms with Crippen LogP contribution in [0.5, 0.6) is 5.75 Å². The summed E-state index contributed by atoms with van der Waals surface area (Å²) in [5, 5.41) is 5.95. The van der Waals surface area contributed by atoms with E-state index in [1.807, 2.05) is 0 Å². The maximum atomic E-state index is 11.1. The van der Waals surface area contributed by atoms with Gasteiger partial charge in [0.15, 0.2) is 5.75 Å². The third-order valence-electron chi connectivity index (χ3n) is 2.16. The number of hydrogen-bond donors (Lipinski definition) is 1. The monoisotopic (exact) mass is 345 g/mol. The van der Waals surface area contributed by atoms with Gasteiger partial charge in [-0.1, -0.05) is 48.7 Å². The Bertz CT molecular complexity index is 550. The molecular weight excluding hydrogens is 333 g/mol. The second-order valence-corrected chi connectivity index (χ2v) is 7.82. The van der Waals surface area contributed by atoms with Crippen LogP contribution >= 0.6 is 34.8 Å². The minimum atomic E-state index is -3.58. The van der Waals surface area contributed by atoms with Crippen LogP contribution in [0.4, 0.5) is 0 Å². The fourth-order valence-corrected chi connectivity index (χ4v) is 3.62. The Balaban J connectivity index is 2.83. The summed E-state index contributed by atoms with van der Waals surface area (Å²) in [6, 6.07) is 2.99. The van der Waals surface area contributed by atoms with Crippen LogP contribution in [0.1, 0.15) is 13.8 Å². The molecule has 0 amide bonds. The van der Waals surface area contributed by atoms with E-state index >= 15 is 0 Å². The predicted octanol–water partition coefficient (Wildman–Crippen LogP) is 3.34. The van der Waals surface area contributed by atoms with Crippen LogP contribution in [0, 0.1) is 5.41 Å². The molecule has 1 rings (SSSR count). The number of primary sulfonamides is 1. The van der Waals surface area contributed by atoms with Gasteiger partial charge in [0.05, 0.1) is 22.4 Å². The van der Waals surface area contributed by atoms with Gasteiger partial charge in [-0.2, -0.15) is 0 Å². The summed E-state index contributed by atoms with van der Waals surface area (Å²) in [5.41, 5.74) is -0.667. The lowest BCUT2D eigenvalue weighted by Gasteiger charge is -2.24. The Morgan fingerprint density at radius 3 is 2.11 bits per heavy atom. The van der Waals surface area contributed by atoms with E-state index in [9.17, 15) is 8.42 Å². The van der Waals surface area contributed by atoms with E-state index in [2.05, 4.69) is 0 Å². The maximum Gasteiger partial charge on any atom is 0.209 e. The first-order valence-electron chi connectivity index (χ1n) is 5.28. The fraction of sp³-hybridized carbons (Fsp3) is 0.455. The van der Waals surface area contributed by atoms with Gasteiger partial charge in [-0.25, -0.2) is 13.6 Å². The van der Waals surface area contributed by atoms with E-state index in [1.54, 1.807) is 13.8 Å². The molecule has 0 unspecified atom stereocenters. The van der Waals surface area contributed by atoms with Crippen LogP contribution in [-0.2, 0) is 10.0 Å². The van der Waals surface area contributed by atoms with Crippen molar-refractivity contribution in [3.05, 3.63) is 27.2 Å². The van der Waals surface area contributed by atoms with Gasteiger partial charge >= 0.3 is 0 Å². The minimum absolute atomic E-state index is 0.102. The average molecular weight is 347 g/mol. The van der Waals surface area contributed by atoms with E-state index in [0.29, 0.717) is 5.02 Å². The van der Waals surface area contributed by atoms with Crippen LogP contribution in [-0.4, -0.2) is 20.8 Å². The molecule has 0 heterocycles. The minimum Gasteiger partial charge on any atom is -0.490 e. The Morgan fingerprint density at radius 1 is 1.21 bits per heavy atom. The van der Waals surface area contributed by atoms with Crippen molar-refractivity contribution in [2.45, 2.75) is 13.8 Å². The van der Waals surface area contributed by atoms with Crippen LogP contribution in [0.25, 0.3) is 0 Å². The molecule has 0 aliphatic heterocycles. The molecule has 0 bridgehead atoms. The number of ether oxygens (including phenoxy) is 1. The molecule has 1 aromatic carbocycles. The zero-order valence-corrected chi connectivity index (χ0v) is 13.5. The molecule has 108 valence electrons. The molecule has 0 aliphatic carbocycles. The van der Waals surface area contributed by atoms with Gasteiger partial charge in [-0.15, -0.1) is 0 Å². The third-order valence-corrected chi connectivity index (χ3v) is 4.13. The topological polar surface area (TPSA) is 69.4 Å². The first-order valence-corrected chi connectivity index (χ1v) is 8.13. The van der Waals surface area contributed by atoms with Crippen molar-refractivity contribution in [1.29, 1.82) is 0 Å². The van der Waals surface area contributed by atoms with Gasteiger partial charge in [0.1, 0.15) is 0 Å². The van der Waals surface area contributed by atoms with Gasteiger partial charge in [0, 0.05) is 10.4 Å². The molecule has 0 saturated heterocycles. The van der Waals surface area contributed by atoms with Crippen molar-refractivity contribution in [3.8, 4) is 5.75 Å². The normalized spacial score (nSPS) is 12.5. The van der Waals surface area contributed by atoms with Crippen molar-refractivity contribution in [3.63, 3.8) is 0 Å². The molecule has 2 N–H and O–H groups in total. The highest BCUT2D eigenvalue weighted by Crippen LogP contribution is 2.36. The fourth-order valence-electron chi connectivity index (χ4n) is 1.52. The number of sulfonamides is 1. The molecular formula is C11H14Cl3NO3S. The molecule has 0 aliphatic rings. The number of halogens is 3.